The van der Waals surface area contributed by atoms with Crippen LogP contribution in [0.25, 0.3) is 0 Å². The van der Waals surface area contributed by atoms with Gasteiger partial charge in [-0.25, -0.2) is 17.2 Å². The first-order valence-electron chi connectivity index (χ1n) is 5.20. The van der Waals surface area contributed by atoms with E-state index in [0.717, 1.165) is 12.1 Å². The van der Waals surface area contributed by atoms with Gasteiger partial charge in [-0.3, -0.25) is 4.72 Å². The molecule has 7 heteroatoms. The van der Waals surface area contributed by atoms with E-state index in [1.165, 1.54) is 0 Å². The van der Waals surface area contributed by atoms with E-state index in [0.29, 0.717) is 11.8 Å². The number of sulfonamides is 1. The fourth-order valence-electron chi connectivity index (χ4n) is 1.32. The third-order valence-corrected chi connectivity index (χ3v) is 3.32. The SMILES string of the molecule is C=CS(=O)(=O)Nc1c(F)cc(C(N)CC)cc1F. The van der Waals surface area contributed by atoms with Crippen LogP contribution in [0, 0.1) is 11.6 Å². The molecule has 0 spiro atoms. The molecule has 0 aliphatic heterocycles. The predicted molar refractivity (Wildman–Crippen MR) is 66.3 cm³/mol. The Hall–Kier alpha value is -1.47. The molecule has 4 nitrogen and oxygen atoms in total. The van der Waals surface area contributed by atoms with Crippen LogP contribution in [-0.4, -0.2) is 8.42 Å². The molecule has 18 heavy (non-hydrogen) atoms. The number of rotatable bonds is 5. The molecule has 0 saturated carbocycles. The molecule has 0 saturated heterocycles. The van der Waals surface area contributed by atoms with Crippen LogP contribution in [0.2, 0.25) is 0 Å². The lowest BCUT2D eigenvalue weighted by atomic mass is 10.0. The molecule has 1 aromatic rings. The molecule has 0 amide bonds. The summed E-state index contributed by atoms with van der Waals surface area (Å²) in [7, 11) is -3.95. The highest BCUT2D eigenvalue weighted by molar-refractivity contribution is 7.95. The van der Waals surface area contributed by atoms with Crippen molar-refractivity contribution in [3.05, 3.63) is 41.3 Å². The lowest BCUT2D eigenvalue weighted by Gasteiger charge is -2.13. The summed E-state index contributed by atoms with van der Waals surface area (Å²) < 4.78 is 51.3. The van der Waals surface area contributed by atoms with Crippen LogP contribution in [0.3, 0.4) is 0 Å². The Kier molecular flexibility index (Phi) is 4.42. The molecular formula is C11H14F2N2O2S. The zero-order chi connectivity index (χ0) is 13.9. The van der Waals surface area contributed by atoms with Crippen molar-refractivity contribution in [3.8, 4) is 0 Å². The monoisotopic (exact) mass is 276 g/mol. The Morgan fingerprint density at radius 2 is 1.94 bits per heavy atom. The summed E-state index contributed by atoms with van der Waals surface area (Å²) in [4.78, 5) is 0. The molecule has 0 aliphatic carbocycles. The van der Waals surface area contributed by atoms with Crippen molar-refractivity contribution in [3.63, 3.8) is 0 Å². The summed E-state index contributed by atoms with van der Waals surface area (Å²) in [6.45, 7) is 4.80. The molecule has 0 fully saturated rings. The maximum absolute atomic E-state index is 13.6. The molecule has 1 unspecified atom stereocenters. The van der Waals surface area contributed by atoms with Gasteiger partial charge in [-0.15, -0.1) is 0 Å². The van der Waals surface area contributed by atoms with E-state index in [1.54, 1.807) is 11.6 Å². The largest absolute Gasteiger partial charge is 0.324 e. The molecule has 3 N–H and O–H groups in total. The summed E-state index contributed by atoms with van der Waals surface area (Å²) in [5.41, 5.74) is 5.19. The first kappa shape index (κ1) is 14.6. The topological polar surface area (TPSA) is 72.2 Å². The third-order valence-electron chi connectivity index (χ3n) is 2.40. The summed E-state index contributed by atoms with van der Waals surface area (Å²) in [6.07, 6.45) is 0.511. The van der Waals surface area contributed by atoms with Gasteiger partial charge in [-0.1, -0.05) is 13.5 Å². The highest BCUT2D eigenvalue weighted by Gasteiger charge is 2.17. The van der Waals surface area contributed by atoms with Crippen LogP contribution < -0.4 is 10.5 Å². The molecule has 100 valence electrons. The van der Waals surface area contributed by atoms with Gasteiger partial charge in [0.25, 0.3) is 10.0 Å². The average molecular weight is 276 g/mol. The maximum Gasteiger partial charge on any atom is 0.254 e. The van der Waals surface area contributed by atoms with Gasteiger partial charge in [-0.05, 0) is 24.1 Å². The van der Waals surface area contributed by atoms with Crippen LogP contribution in [-0.2, 0) is 10.0 Å². The Bertz CT molecular complexity index is 535. The second kappa shape index (κ2) is 5.45. The minimum Gasteiger partial charge on any atom is -0.324 e. The van der Waals surface area contributed by atoms with Crippen molar-refractivity contribution in [1.82, 2.24) is 0 Å². The lowest BCUT2D eigenvalue weighted by Crippen LogP contribution is -2.14. The minimum atomic E-state index is -3.95. The number of halogens is 2. The second-order valence-corrected chi connectivity index (χ2v) is 5.32. The van der Waals surface area contributed by atoms with Crippen molar-refractivity contribution < 1.29 is 17.2 Å². The Balaban J connectivity index is 3.21. The predicted octanol–water partition coefficient (Wildman–Crippen LogP) is 2.26. The molecule has 1 rings (SSSR count). The number of benzene rings is 1. The van der Waals surface area contributed by atoms with Gasteiger partial charge in [0, 0.05) is 11.4 Å². The molecule has 0 aliphatic rings. The first-order chi connectivity index (χ1) is 8.30. The molecule has 0 bridgehead atoms. The summed E-state index contributed by atoms with van der Waals surface area (Å²) in [6, 6.07) is 1.52. The van der Waals surface area contributed by atoms with Gasteiger partial charge < -0.3 is 5.73 Å². The van der Waals surface area contributed by atoms with Crippen molar-refractivity contribution in [2.24, 2.45) is 5.73 Å². The zero-order valence-corrected chi connectivity index (χ0v) is 10.6. The van der Waals surface area contributed by atoms with Gasteiger partial charge >= 0.3 is 0 Å². The Labute approximate surface area is 105 Å². The minimum absolute atomic E-state index is 0.272. The van der Waals surface area contributed by atoms with Crippen molar-refractivity contribution in [1.29, 1.82) is 0 Å². The Morgan fingerprint density at radius 1 is 1.44 bits per heavy atom. The highest BCUT2D eigenvalue weighted by Crippen LogP contribution is 2.25. The molecule has 1 atom stereocenters. The smallest absolute Gasteiger partial charge is 0.254 e. The van der Waals surface area contributed by atoms with Gasteiger partial charge in [0.05, 0.1) is 0 Å². The lowest BCUT2D eigenvalue weighted by molar-refractivity contribution is 0.575. The van der Waals surface area contributed by atoms with Gasteiger partial charge in [0.1, 0.15) is 5.69 Å². The molecule has 1 aromatic carbocycles. The van der Waals surface area contributed by atoms with E-state index >= 15 is 0 Å². The van der Waals surface area contributed by atoms with E-state index < -0.39 is 33.4 Å². The van der Waals surface area contributed by atoms with Crippen LogP contribution in [0.4, 0.5) is 14.5 Å². The zero-order valence-electron chi connectivity index (χ0n) is 9.78. The third kappa shape index (κ3) is 3.27. The molecule has 0 aromatic heterocycles. The van der Waals surface area contributed by atoms with Gasteiger partial charge in [0.2, 0.25) is 0 Å². The number of nitrogens with two attached hydrogens (primary N) is 1. The van der Waals surface area contributed by atoms with Crippen molar-refractivity contribution >= 4 is 15.7 Å². The first-order valence-corrected chi connectivity index (χ1v) is 6.75. The quantitative estimate of drug-likeness (QED) is 0.866. The van der Waals surface area contributed by atoms with E-state index in [-0.39, 0.29) is 5.56 Å². The van der Waals surface area contributed by atoms with E-state index in [2.05, 4.69) is 6.58 Å². The normalized spacial score (nSPS) is 13.1. The number of nitrogens with one attached hydrogen (secondary N) is 1. The van der Waals surface area contributed by atoms with E-state index in [9.17, 15) is 17.2 Å². The number of anilines is 1. The maximum atomic E-state index is 13.6. The van der Waals surface area contributed by atoms with E-state index in [1.807, 2.05) is 0 Å². The van der Waals surface area contributed by atoms with Gasteiger partial charge in [0.15, 0.2) is 11.6 Å². The highest BCUT2D eigenvalue weighted by atomic mass is 32.2. The van der Waals surface area contributed by atoms with Crippen molar-refractivity contribution in [2.75, 3.05) is 4.72 Å². The van der Waals surface area contributed by atoms with E-state index in [4.69, 9.17) is 5.73 Å². The number of hydrogen-bond donors (Lipinski definition) is 2. The Morgan fingerprint density at radius 3 is 2.33 bits per heavy atom. The van der Waals surface area contributed by atoms with Gasteiger partial charge in [-0.2, -0.15) is 0 Å². The van der Waals surface area contributed by atoms with Crippen LogP contribution in [0.1, 0.15) is 24.9 Å². The van der Waals surface area contributed by atoms with Crippen LogP contribution in [0.5, 0.6) is 0 Å². The van der Waals surface area contributed by atoms with Crippen LogP contribution in [0.15, 0.2) is 24.1 Å². The fraction of sp³-hybridized carbons (Fsp3) is 0.273. The summed E-state index contributed by atoms with van der Waals surface area (Å²) in [5.74, 6) is -2.03. The summed E-state index contributed by atoms with van der Waals surface area (Å²) in [5, 5.41) is 0.567. The molecule has 0 heterocycles. The standard InChI is InChI=1S/C11H14F2N2O2S/c1-3-10(14)7-5-8(12)11(9(13)6-7)15-18(16,17)4-2/h4-6,10,15H,2-3,14H2,1H3. The number of hydrogen-bond acceptors (Lipinski definition) is 3. The van der Waals surface area contributed by atoms with Crippen LogP contribution >= 0.6 is 0 Å². The second-order valence-electron chi connectivity index (χ2n) is 3.69. The molecule has 0 radical (unpaired) electrons. The summed E-state index contributed by atoms with van der Waals surface area (Å²) >= 11 is 0. The molecular weight excluding hydrogens is 262 g/mol. The fourth-order valence-corrected chi connectivity index (χ4v) is 1.89. The van der Waals surface area contributed by atoms with Crippen molar-refractivity contribution in [2.45, 2.75) is 19.4 Å². The average Bonchev–Trinajstić information content (AvgIpc) is 2.32.